The lowest BCUT2D eigenvalue weighted by Crippen LogP contribution is -2.29. The van der Waals surface area contributed by atoms with Gasteiger partial charge in [0, 0.05) is 18.8 Å². The average Bonchev–Trinajstić information content (AvgIpc) is 2.99. The fourth-order valence-corrected chi connectivity index (χ4v) is 5.37. The molecule has 0 unspecified atom stereocenters. The minimum absolute atomic E-state index is 0.154. The van der Waals surface area contributed by atoms with Gasteiger partial charge in [-0.25, -0.2) is 4.98 Å². The lowest BCUT2D eigenvalue weighted by atomic mass is 9.87. The van der Waals surface area contributed by atoms with E-state index in [1.807, 2.05) is 26.0 Å². The van der Waals surface area contributed by atoms with Gasteiger partial charge in [-0.05, 0) is 63.2 Å². The average molecular weight is 443 g/mol. The maximum absolute atomic E-state index is 13.4. The first-order valence-corrected chi connectivity index (χ1v) is 11.6. The number of pyridine rings is 1. The van der Waals surface area contributed by atoms with Crippen molar-refractivity contribution < 1.29 is 4.79 Å². The van der Waals surface area contributed by atoms with E-state index < -0.39 is 0 Å². The van der Waals surface area contributed by atoms with Crippen LogP contribution in [0.25, 0.3) is 11.7 Å². The molecule has 8 heteroatoms. The van der Waals surface area contributed by atoms with Crippen LogP contribution in [0.15, 0.2) is 28.0 Å². The van der Waals surface area contributed by atoms with E-state index in [4.69, 9.17) is 17.2 Å². The molecule has 0 bridgehead atoms. The van der Waals surface area contributed by atoms with Gasteiger partial charge in [0.05, 0.1) is 10.5 Å². The second kappa shape index (κ2) is 8.51. The van der Waals surface area contributed by atoms with Crippen molar-refractivity contribution in [2.24, 2.45) is 5.92 Å². The number of thiocarbonyl (C=S) groups is 1. The summed E-state index contributed by atoms with van der Waals surface area (Å²) in [5.41, 5.74) is 1.79. The molecule has 158 valence electrons. The fraction of sp³-hybridized carbons (Fsp3) is 0.455. The number of rotatable bonds is 4. The van der Waals surface area contributed by atoms with E-state index in [-0.39, 0.29) is 17.5 Å². The van der Waals surface area contributed by atoms with E-state index in [1.165, 1.54) is 11.8 Å². The third-order valence-corrected chi connectivity index (χ3v) is 7.21. The van der Waals surface area contributed by atoms with E-state index in [2.05, 4.69) is 12.2 Å². The van der Waals surface area contributed by atoms with Crippen LogP contribution in [0.3, 0.4) is 0 Å². The summed E-state index contributed by atoms with van der Waals surface area (Å²) in [6, 6.07) is 4.07. The Hall–Kier alpha value is -2.19. The Balaban J connectivity index is 1.80. The van der Waals surface area contributed by atoms with Crippen molar-refractivity contribution in [2.45, 2.75) is 52.5 Å². The summed E-state index contributed by atoms with van der Waals surface area (Å²) in [5.74, 6) is 1.13. The van der Waals surface area contributed by atoms with Crippen molar-refractivity contribution >= 4 is 51.7 Å². The number of thioether (sulfide) groups is 1. The highest BCUT2D eigenvalue weighted by atomic mass is 32.2. The number of nitrogens with zero attached hydrogens (tertiary/aromatic N) is 3. The van der Waals surface area contributed by atoms with Crippen molar-refractivity contribution in [3.63, 3.8) is 0 Å². The summed E-state index contributed by atoms with van der Waals surface area (Å²) in [7, 11) is 0. The second-order valence-electron chi connectivity index (χ2n) is 8.14. The molecule has 1 aliphatic carbocycles. The van der Waals surface area contributed by atoms with Gasteiger partial charge in [-0.1, -0.05) is 37.0 Å². The van der Waals surface area contributed by atoms with Gasteiger partial charge in [0.1, 0.15) is 15.8 Å². The lowest BCUT2D eigenvalue weighted by molar-refractivity contribution is -0.121. The Morgan fingerprint density at radius 1 is 1.27 bits per heavy atom. The van der Waals surface area contributed by atoms with Gasteiger partial charge in [-0.2, -0.15) is 0 Å². The highest BCUT2D eigenvalue weighted by molar-refractivity contribution is 8.26. The zero-order valence-corrected chi connectivity index (χ0v) is 19.1. The van der Waals surface area contributed by atoms with E-state index in [0.29, 0.717) is 32.8 Å². The number of likely N-dealkylation sites (N-methyl/N-ethyl adjacent to an activating group) is 1. The number of aryl methyl sites for hydroxylation is 1. The number of amides is 1. The van der Waals surface area contributed by atoms with Crippen LogP contribution in [0, 0.1) is 12.8 Å². The zero-order valence-electron chi connectivity index (χ0n) is 17.5. The molecule has 0 aromatic carbocycles. The molecule has 1 saturated heterocycles. The number of carbonyl (C=O) groups is 1. The van der Waals surface area contributed by atoms with Crippen LogP contribution in [-0.2, 0) is 4.79 Å². The molecule has 1 amide bonds. The number of nitrogens with one attached hydrogen (secondary N) is 1. The van der Waals surface area contributed by atoms with Gasteiger partial charge >= 0.3 is 0 Å². The van der Waals surface area contributed by atoms with Gasteiger partial charge in [-0.15, -0.1) is 0 Å². The molecule has 1 N–H and O–H groups in total. The standard InChI is InChI=1S/C22H26N4O2S2/c1-4-25-21(28)17(30-22(25)29)11-16-19(23-15-8-5-13(2)6-9-15)24-18-10-7-14(3)12-26(18)20(16)27/h7,10-13,15,23H,4-6,8-9H2,1-3H3. The molecular weight excluding hydrogens is 416 g/mol. The van der Waals surface area contributed by atoms with Crippen molar-refractivity contribution in [1.82, 2.24) is 14.3 Å². The minimum Gasteiger partial charge on any atom is -0.367 e. The minimum atomic E-state index is -0.183. The zero-order chi connectivity index (χ0) is 21.4. The quantitative estimate of drug-likeness (QED) is 0.565. The van der Waals surface area contributed by atoms with Crippen molar-refractivity contribution in [2.75, 3.05) is 11.9 Å². The Morgan fingerprint density at radius 2 is 2.00 bits per heavy atom. The summed E-state index contributed by atoms with van der Waals surface area (Å²) in [6.45, 7) is 6.62. The summed E-state index contributed by atoms with van der Waals surface area (Å²) in [6.07, 6.45) is 7.86. The Bertz CT molecular complexity index is 1100. The molecule has 0 radical (unpaired) electrons. The highest BCUT2D eigenvalue weighted by Crippen LogP contribution is 2.33. The molecule has 2 aromatic heterocycles. The number of anilines is 1. The van der Waals surface area contributed by atoms with Crippen LogP contribution < -0.4 is 10.9 Å². The van der Waals surface area contributed by atoms with Crippen LogP contribution in [0.5, 0.6) is 0 Å². The third kappa shape index (κ3) is 4.03. The van der Waals surface area contributed by atoms with Crippen molar-refractivity contribution in [3.8, 4) is 0 Å². The fourth-order valence-electron chi connectivity index (χ4n) is 4.00. The first-order chi connectivity index (χ1) is 14.4. The molecule has 4 rings (SSSR count). The van der Waals surface area contributed by atoms with Gasteiger partial charge in [-0.3, -0.25) is 18.9 Å². The molecule has 0 spiro atoms. The van der Waals surface area contributed by atoms with Crippen LogP contribution in [-0.4, -0.2) is 37.1 Å². The van der Waals surface area contributed by atoms with E-state index in [0.717, 1.165) is 37.2 Å². The first-order valence-electron chi connectivity index (χ1n) is 10.4. The second-order valence-corrected chi connectivity index (χ2v) is 9.82. The summed E-state index contributed by atoms with van der Waals surface area (Å²) >= 11 is 6.56. The molecule has 2 fully saturated rings. The molecule has 6 nitrogen and oxygen atoms in total. The number of aromatic nitrogens is 2. The van der Waals surface area contributed by atoms with Gasteiger partial charge < -0.3 is 5.32 Å². The Morgan fingerprint density at radius 3 is 2.67 bits per heavy atom. The van der Waals surface area contributed by atoms with Crippen LogP contribution in [0.1, 0.15) is 50.7 Å². The van der Waals surface area contributed by atoms with Gasteiger partial charge in [0.15, 0.2) is 0 Å². The molecule has 3 heterocycles. The smallest absolute Gasteiger partial charge is 0.267 e. The van der Waals surface area contributed by atoms with E-state index in [9.17, 15) is 9.59 Å². The van der Waals surface area contributed by atoms with Crippen LogP contribution in [0.2, 0.25) is 0 Å². The highest BCUT2D eigenvalue weighted by Gasteiger charge is 2.31. The molecule has 30 heavy (non-hydrogen) atoms. The molecular formula is C22H26N4O2S2. The predicted octanol–water partition coefficient (Wildman–Crippen LogP) is 4.21. The largest absolute Gasteiger partial charge is 0.367 e. The Kier molecular flexibility index (Phi) is 5.97. The SMILES string of the molecule is CCN1C(=O)C(=Cc2c(NC3CCC(C)CC3)nc3ccc(C)cn3c2=O)SC1=S. The molecule has 2 aromatic rings. The topological polar surface area (TPSA) is 66.7 Å². The summed E-state index contributed by atoms with van der Waals surface area (Å²) < 4.78 is 2.07. The monoisotopic (exact) mass is 442 g/mol. The van der Waals surface area contributed by atoms with Crippen LogP contribution in [0.4, 0.5) is 5.82 Å². The Labute approximate surface area is 185 Å². The van der Waals surface area contributed by atoms with E-state index in [1.54, 1.807) is 21.6 Å². The van der Waals surface area contributed by atoms with Gasteiger partial charge in [0.25, 0.3) is 11.5 Å². The number of fused-ring (bicyclic) bond motifs is 1. The molecule has 2 aliphatic rings. The normalized spacial score (nSPS) is 23.6. The van der Waals surface area contributed by atoms with Crippen LogP contribution >= 0.6 is 24.0 Å². The maximum atomic E-state index is 13.4. The van der Waals surface area contributed by atoms with Crippen molar-refractivity contribution in [3.05, 3.63) is 44.7 Å². The lowest BCUT2D eigenvalue weighted by Gasteiger charge is -2.27. The molecule has 0 atom stereocenters. The van der Waals surface area contributed by atoms with Gasteiger partial charge in [0.2, 0.25) is 0 Å². The number of hydrogen-bond acceptors (Lipinski definition) is 6. The summed E-state index contributed by atoms with van der Waals surface area (Å²) in [5, 5.41) is 3.51. The molecule has 1 saturated carbocycles. The van der Waals surface area contributed by atoms with Crippen molar-refractivity contribution in [1.29, 1.82) is 0 Å². The maximum Gasteiger partial charge on any atom is 0.267 e. The summed E-state index contributed by atoms with van der Waals surface area (Å²) in [4.78, 5) is 32.9. The molecule has 1 aliphatic heterocycles. The predicted molar refractivity (Wildman–Crippen MR) is 127 cm³/mol. The third-order valence-electron chi connectivity index (χ3n) is 5.83. The number of carbonyl (C=O) groups excluding carboxylic acids is 1. The number of hydrogen-bond donors (Lipinski definition) is 1. The van der Waals surface area contributed by atoms with E-state index >= 15 is 0 Å². The first kappa shape index (κ1) is 21.1.